The SMILES string of the molecule is COC(=O)CCc1ccc(OCc2ccc(OC)c(-c3ccc(C)cc3C)c2)cc1. The highest BCUT2D eigenvalue weighted by molar-refractivity contribution is 5.74. The van der Waals surface area contributed by atoms with Crippen LogP contribution in [0.25, 0.3) is 11.1 Å². The first-order chi connectivity index (χ1) is 14.5. The lowest BCUT2D eigenvalue weighted by atomic mass is 9.96. The number of rotatable bonds is 8. The fourth-order valence-corrected chi connectivity index (χ4v) is 3.44. The average Bonchev–Trinajstić information content (AvgIpc) is 2.76. The van der Waals surface area contributed by atoms with E-state index in [1.54, 1.807) is 7.11 Å². The molecule has 0 atom stereocenters. The molecule has 0 unspecified atom stereocenters. The lowest BCUT2D eigenvalue weighted by molar-refractivity contribution is -0.140. The molecule has 3 aromatic carbocycles. The highest BCUT2D eigenvalue weighted by Gasteiger charge is 2.10. The predicted octanol–water partition coefficient (Wildman–Crippen LogP) is 5.66. The van der Waals surface area contributed by atoms with E-state index < -0.39 is 0 Å². The van der Waals surface area contributed by atoms with Gasteiger partial charge in [-0.2, -0.15) is 0 Å². The average molecular weight is 405 g/mol. The number of aryl methyl sites for hydroxylation is 3. The predicted molar refractivity (Wildman–Crippen MR) is 119 cm³/mol. The molecular weight excluding hydrogens is 376 g/mol. The first-order valence-electron chi connectivity index (χ1n) is 10.0. The molecule has 0 heterocycles. The van der Waals surface area contributed by atoms with E-state index >= 15 is 0 Å². The van der Waals surface area contributed by atoms with Crippen LogP contribution in [-0.4, -0.2) is 20.2 Å². The van der Waals surface area contributed by atoms with Crippen molar-refractivity contribution in [2.24, 2.45) is 0 Å². The van der Waals surface area contributed by atoms with Gasteiger partial charge in [-0.25, -0.2) is 0 Å². The van der Waals surface area contributed by atoms with Crippen molar-refractivity contribution in [3.8, 4) is 22.6 Å². The summed E-state index contributed by atoms with van der Waals surface area (Å²) in [5.74, 6) is 1.44. The summed E-state index contributed by atoms with van der Waals surface area (Å²) in [5, 5.41) is 0. The molecule has 156 valence electrons. The summed E-state index contributed by atoms with van der Waals surface area (Å²) in [5.41, 5.74) is 6.83. The number of hydrogen-bond donors (Lipinski definition) is 0. The fraction of sp³-hybridized carbons (Fsp3) is 0.269. The van der Waals surface area contributed by atoms with Crippen LogP contribution in [0.4, 0.5) is 0 Å². The van der Waals surface area contributed by atoms with E-state index in [-0.39, 0.29) is 5.97 Å². The van der Waals surface area contributed by atoms with E-state index in [0.29, 0.717) is 19.4 Å². The Kier molecular flexibility index (Phi) is 7.12. The van der Waals surface area contributed by atoms with Crippen LogP contribution in [0.1, 0.15) is 28.7 Å². The van der Waals surface area contributed by atoms with E-state index in [2.05, 4.69) is 42.8 Å². The molecule has 0 aliphatic rings. The monoisotopic (exact) mass is 404 g/mol. The maximum atomic E-state index is 11.3. The third-order valence-corrected chi connectivity index (χ3v) is 5.11. The minimum absolute atomic E-state index is 0.200. The van der Waals surface area contributed by atoms with Gasteiger partial charge >= 0.3 is 5.97 Å². The maximum Gasteiger partial charge on any atom is 0.305 e. The minimum Gasteiger partial charge on any atom is -0.496 e. The number of esters is 1. The van der Waals surface area contributed by atoms with Crippen LogP contribution in [0.5, 0.6) is 11.5 Å². The zero-order chi connectivity index (χ0) is 21.5. The van der Waals surface area contributed by atoms with Crippen molar-refractivity contribution in [2.75, 3.05) is 14.2 Å². The van der Waals surface area contributed by atoms with Crippen LogP contribution in [0.2, 0.25) is 0 Å². The Labute approximate surface area is 178 Å². The summed E-state index contributed by atoms with van der Waals surface area (Å²) >= 11 is 0. The molecule has 0 aliphatic carbocycles. The van der Waals surface area contributed by atoms with Gasteiger partial charge in [-0.05, 0) is 66.8 Å². The van der Waals surface area contributed by atoms with E-state index in [4.69, 9.17) is 9.47 Å². The molecule has 0 spiro atoms. The van der Waals surface area contributed by atoms with Crippen molar-refractivity contribution in [1.82, 2.24) is 0 Å². The Morgan fingerprint density at radius 1 is 0.833 bits per heavy atom. The van der Waals surface area contributed by atoms with Gasteiger partial charge in [-0.3, -0.25) is 4.79 Å². The lowest BCUT2D eigenvalue weighted by Crippen LogP contribution is -2.02. The molecule has 0 N–H and O–H groups in total. The number of carbonyl (C=O) groups is 1. The number of ether oxygens (including phenoxy) is 3. The van der Waals surface area contributed by atoms with E-state index in [1.165, 1.54) is 18.2 Å². The van der Waals surface area contributed by atoms with Gasteiger partial charge in [0.2, 0.25) is 0 Å². The molecule has 0 aliphatic heterocycles. The first kappa shape index (κ1) is 21.4. The summed E-state index contributed by atoms with van der Waals surface area (Å²) in [6, 6.07) is 20.4. The van der Waals surface area contributed by atoms with Crippen molar-refractivity contribution in [1.29, 1.82) is 0 Å². The zero-order valence-corrected chi connectivity index (χ0v) is 18.0. The van der Waals surface area contributed by atoms with Gasteiger partial charge in [0.15, 0.2) is 0 Å². The summed E-state index contributed by atoms with van der Waals surface area (Å²) < 4.78 is 16.2. The summed E-state index contributed by atoms with van der Waals surface area (Å²) in [7, 11) is 3.10. The number of benzene rings is 3. The number of carbonyl (C=O) groups excluding carboxylic acids is 1. The zero-order valence-electron chi connectivity index (χ0n) is 18.0. The van der Waals surface area contributed by atoms with Gasteiger partial charge in [0, 0.05) is 12.0 Å². The van der Waals surface area contributed by atoms with Crippen molar-refractivity contribution in [3.05, 3.63) is 82.9 Å². The van der Waals surface area contributed by atoms with Gasteiger partial charge in [-0.15, -0.1) is 0 Å². The molecule has 0 radical (unpaired) electrons. The summed E-state index contributed by atoms with van der Waals surface area (Å²) in [4.78, 5) is 11.3. The van der Waals surface area contributed by atoms with Crippen molar-refractivity contribution >= 4 is 5.97 Å². The van der Waals surface area contributed by atoms with Gasteiger partial charge in [0.25, 0.3) is 0 Å². The first-order valence-corrected chi connectivity index (χ1v) is 10.0. The van der Waals surface area contributed by atoms with Gasteiger partial charge in [-0.1, -0.05) is 42.0 Å². The number of hydrogen-bond acceptors (Lipinski definition) is 4. The topological polar surface area (TPSA) is 44.8 Å². The van der Waals surface area contributed by atoms with Gasteiger partial charge in [0.05, 0.1) is 14.2 Å². The van der Waals surface area contributed by atoms with Crippen LogP contribution < -0.4 is 9.47 Å². The van der Waals surface area contributed by atoms with Crippen LogP contribution in [-0.2, 0) is 22.6 Å². The second-order valence-electron chi connectivity index (χ2n) is 7.36. The molecule has 0 fully saturated rings. The molecule has 0 saturated carbocycles. The Hall–Kier alpha value is -3.27. The normalized spacial score (nSPS) is 10.5. The molecule has 0 bridgehead atoms. The molecule has 0 aromatic heterocycles. The molecule has 0 amide bonds. The summed E-state index contributed by atoms with van der Waals surface area (Å²) in [6.07, 6.45) is 1.04. The van der Waals surface area contributed by atoms with Gasteiger partial charge < -0.3 is 14.2 Å². The number of methoxy groups -OCH3 is 2. The Bertz CT molecular complexity index is 1010. The maximum absolute atomic E-state index is 11.3. The largest absolute Gasteiger partial charge is 0.496 e. The van der Waals surface area contributed by atoms with Crippen molar-refractivity contribution in [3.63, 3.8) is 0 Å². The van der Waals surface area contributed by atoms with Gasteiger partial charge in [0.1, 0.15) is 18.1 Å². The second kappa shape index (κ2) is 9.97. The molecule has 4 nitrogen and oxygen atoms in total. The molecule has 3 aromatic rings. The third kappa shape index (κ3) is 5.41. The standard InChI is InChI=1S/C26H28O4/c1-18-5-12-23(19(2)15-18)24-16-21(8-13-25(24)28-3)17-30-22-10-6-20(7-11-22)9-14-26(27)29-4/h5-8,10-13,15-16H,9,14,17H2,1-4H3. The molecule has 3 rings (SSSR count). The smallest absolute Gasteiger partial charge is 0.305 e. The second-order valence-corrected chi connectivity index (χ2v) is 7.36. The van der Waals surface area contributed by atoms with Crippen molar-refractivity contribution < 1.29 is 19.0 Å². The highest BCUT2D eigenvalue weighted by Crippen LogP contribution is 2.33. The fourth-order valence-electron chi connectivity index (χ4n) is 3.44. The Balaban J connectivity index is 1.71. The van der Waals surface area contributed by atoms with E-state index in [0.717, 1.165) is 33.8 Å². The van der Waals surface area contributed by atoms with E-state index in [1.807, 2.05) is 36.4 Å². The molecule has 0 saturated heterocycles. The van der Waals surface area contributed by atoms with Crippen LogP contribution in [0.15, 0.2) is 60.7 Å². The van der Waals surface area contributed by atoms with Crippen LogP contribution in [0.3, 0.4) is 0 Å². The highest BCUT2D eigenvalue weighted by atomic mass is 16.5. The van der Waals surface area contributed by atoms with Crippen molar-refractivity contribution in [2.45, 2.75) is 33.3 Å². The quantitative estimate of drug-likeness (QED) is 0.454. The van der Waals surface area contributed by atoms with Crippen LogP contribution >= 0.6 is 0 Å². The van der Waals surface area contributed by atoms with Crippen LogP contribution in [0, 0.1) is 13.8 Å². The molecule has 4 heteroatoms. The molecular formula is C26H28O4. The Morgan fingerprint density at radius 3 is 2.23 bits per heavy atom. The van der Waals surface area contributed by atoms with E-state index in [9.17, 15) is 4.79 Å². The molecule has 30 heavy (non-hydrogen) atoms. The Morgan fingerprint density at radius 2 is 1.57 bits per heavy atom. The summed E-state index contributed by atoms with van der Waals surface area (Å²) in [6.45, 7) is 4.68. The minimum atomic E-state index is -0.200. The third-order valence-electron chi connectivity index (χ3n) is 5.11. The lowest BCUT2D eigenvalue weighted by Gasteiger charge is -2.14.